The maximum atomic E-state index is 12.0. The summed E-state index contributed by atoms with van der Waals surface area (Å²) in [7, 11) is 0. The topological polar surface area (TPSA) is 67.4 Å². The van der Waals surface area contributed by atoms with E-state index in [1.54, 1.807) is 12.1 Å². The molecule has 2 rings (SSSR count). The van der Waals surface area contributed by atoms with Gasteiger partial charge in [-0.05, 0) is 43.2 Å². The molecule has 0 saturated carbocycles. The van der Waals surface area contributed by atoms with E-state index in [0.29, 0.717) is 5.75 Å². The van der Waals surface area contributed by atoms with Crippen molar-refractivity contribution in [1.82, 2.24) is 5.32 Å². The normalized spacial score (nSPS) is 10.1. The molecular formula is C18H19BrN2O3. The summed E-state index contributed by atoms with van der Waals surface area (Å²) in [5.41, 5.74) is 2.74. The summed E-state index contributed by atoms with van der Waals surface area (Å²) < 4.78 is 6.23. The second-order valence-corrected chi connectivity index (χ2v) is 6.25. The van der Waals surface area contributed by atoms with Gasteiger partial charge in [0.1, 0.15) is 5.75 Å². The van der Waals surface area contributed by atoms with E-state index in [4.69, 9.17) is 4.74 Å². The second kappa shape index (κ2) is 8.49. The summed E-state index contributed by atoms with van der Waals surface area (Å²) in [6.07, 6.45) is 0. The van der Waals surface area contributed by atoms with E-state index in [1.165, 1.54) is 0 Å². The minimum Gasteiger partial charge on any atom is -0.484 e. The van der Waals surface area contributed by atoms with E-state index in [0.717, 1.165) is 21.3 Å². The molecule has 5 nitrogen and oxygen atoms in total. The number of hydrogen-bond donors (Lipinski definition) is 2. The first-order valence-corrected chi connectivity index (χ1v) is 8.26. The zero-order valence-electron chi connectivity index (χ0n) is 13.6. The van der Waals surface area contributed by atoms with E-state index in [2.05, 4.69) is 26.6 Å². The first-order chi connectivity index (χ1) is 11.5. The van der Waals surface area contributed by atoms with Gasteiger partial charge in [0.15, 0.2) is 6.61 Å². The first-order valence-electron chi connectivity index (χ1n) is 7.47. The van der Waals surface area contributed by atoms with Crippen LogP contribution >= 0.6 is 15.9 Å². The van der Waals surface area contributed by atoms with Gasteiger partial charge in [0.05, 0.1) is 6.54 Å². The van der Waals surface area contributed by atoms with Crippen LogP contribution in [0, 0.1) is 13.8 Å². The van der Waals surface area contributed by atoms with Crippen LogP contribution in [0.25, 0.3) is 0 Å². The van der Waals surface area contributed by atoms with Crippen molar-refractivity contribution in [2.45, 2.75) is 13.8 Å². The van der Waals surface area contributed by atoms with E-state index < -0.39 is 0 Å². The van der Waals surface area contributed by atoms with Crippen molar-refractivity contribution in [3.8, 4) is 5.75 Å². The van der Waals surface area contributed by atoms with Crippen molar-refractivity contribution in [3.63, 3.8) is 0 Å². The molecule has 2 aromatic carbocycles. The summed E-state index contributed by atoms with van der Waals surface area (Å²) in [4.78, 5) is 23.7. The molecule has 2 N–H and O–H groups in total. The maximum Gasteiger partial charge on any atom is 0.258 e. The molecule has 0 saturated heterocycles. The predicted octanol–water partition coefficient (Wildman–Crippen LogP) is 3.20. The molecule has 0 atom stereocenters. The van der Waals surface area contributed by atoms with Crippen LogP contribution in [0.4, 0.5) is 5.69 Å². The lowest BCUT2D eigenvalue weighted by molar-refractivity contribution is -0.125. The minimum atomic E-state index is -0.355. The van der Waals surface area contributed by atoms with E-state index in [9.17, 15) is 9.59 Å². The lowest BCUT2D eigenvalue weighted by atomic mass is 10.1. The number of carbonyl (C=O) groups excluding carboxylic acids is 2. The molecule has 0 spiro atoms. The molecule has 0 aliphatic carbocycles. The number of ether oxygens (including phenoxy) is 1. The lowest BCUT2D eigenvalue weighted by Gasteiger charge is -2.12. The zero-order chi connectivity index (χ0) is 17.5. The standard InChI is InChI=1S/C18H19BrN2O3/c1-12-5-3-6-13(2)18(12)21-16(22)10-20-17(23)11-24-15-8-4-7-14(19)9-15/h3-9H,10-11H2,1-2H3,(H,20,23)(H,21,22). The average Bonchev–Trinajstić information content (AvgIpc) is 2.54. The Morgan fingerprint density at radius 1 is 1.04 bits per heavy atom. The van der Waals surface area contributed by atoms with Crippen LogP contribution < -0.4 is 15.4 Å². The quantitative estimate of drug-likeness (QED) is 0.795. The van der Waals surface area contributed by atoms with Crippen LogP contribution in [0.2, 0.25) is 0 Å². The van der Waals surface area contributed by atoms with Gasteiger partial charge in [-0.15, -0.1) is 0 Å². The number of aryl methyl sites for hydroxylation is 2. The number of rotatable bonds is 6. The number of benzene rings is 2. The average molecular weight is 391 g/mol. The fourth-order valence-corrected chi connectivity index (χ4v) is 2.51. The fraction of sp³-hybridized carbons (Fsp3) is 0.222. The molecule has 0 aliphatic heterocycles. The number of hydrogen-bond acceptors (Lipinski definition) is 3. The molecule has 24 heavy (non-hydrogen) atoms. The summed E-state index contributed by atoms with van der Waals surface area (Å²) in [6, 6.07) is 13.0. The van der Waals surface area contributed by atoms with Gasteiger partial charge in [0.2, 0.25) is 5.91 Å². The first kappa shape index (κ1) is 18.0. The van der Waals surface area contributed by atoms with E-state index >= 15 is 0 Å². The number of nitrogens with one attached hydrogen (secondary N) is 2. The number of amides is 2. The highest BCUT2D eigenvalue weighted by Crippen LogP contribution is 2.19. The van der Waals surface area contributed by atoms with Crippen molar-refractivity contribution >= 4 is 33.4 Å². The molecular weight excluding hydrogens is 372 g/mol. The fourth-order valence-electron chi connectivity index (χ4n) is 2.13. The van der Waals surface area contributed by atoms with Crippen molar-refractivity contribution in [1.29, 1.82) is 0 Å². The largest absolute Gasteiger partial charge is 0.484 e. The Morgan fingerprint density at radius 2 is 1.71 bits per heavy atom. The molecule has 126 valence electrons. The summed E-state index contributed by atoms with van der Waals surface area (Å²) in [5.74, 6) is -0.0469. The molecule has 2 amide bonds. The molecule has 0 bridgehead atoms. The molecule has 0 aliphatic rings. The third-order valence-electron chi connectivity index (χ3n) is 3.36. The van der Waals surface area contributed by atoms with Gasteiger partial charge in [-0.1, -0.05) is 40.2 Å². The van der Waals surface area contributed by atoms with E-state index in [-0.39, 0.29) is 25.0 Å². The third kappa shape index (κ3) is 5.38. The van der Waals surface area contributed by atoms with Gasteiger partial charge < -0.3 is 15.4 Å². The van der Waals surface area contributed by atoms with Gasteiger partial charge in [-0.3, -0.25) is 9.59 Å². The molecule has 0 fully saturated rings. The van der Waals surface area contributed by atoms with Crippen molar-refractivity contribution in [2.24, 2.45) is 0 Å². The second-order valence-electron chi connectivity index (χ2n) is 5.34. The Morgan fingerprint density at radius 3 is 2.38 bits per heavy atom. The van der Waals surface area contributed by atoms with Crippen LogP contribution in [0.15, 0.2) is 46.9 Å². The van der Waals surface area contributed by atoms with Crippen LogP contribution in [-0.2, 0) is 9.59 Å². The molecule has 0 heterocycles. The summed E-state index contributed by atoms with van der Waals surface area (Å²) >= 11 is 3.33. The molecule has 0 aromatic heterocycles. The van der Waals surface area contributed by atoms with Gasteiger partial charge in [-0.2, -0.15) is 0 Å². The summed E-state index contributed by atoms with van der Waals surface area (Å²) in [5, 5.41) is 5.35. The number of halogens is 1. The van der Waals surface area contributed by atoms with Crippen LogP contribution in [0.3, 0.4) is 0 Å². The number of para-hydroxylation sites is 1. The highest BCUT2D eigenvalue weighted by atomic mass is 79.9. The van der Waals surface area contributed by atoms with Crippen molar-refractivity contribution < 1.29 is 14.3 Å². The zero-order valence-corrected chi connectivity index (χ0v) is 15.1. The van der Waals surface area contributed by atoms with Crippen LogP contribution in [0.5, 0.6) is 5.75 Å². The Kier molecular flexibility index (Phi) is 6.37. The number of carbonyl (C=O) groups is 2. The molecule has 0 radical (unpaired) electrons. The minimum absolute atomic E-state index is 0.103. The Labute approximate surface area is 149 Å². The Hall–Kier alpha value is -2.34. The third-order valence-corrected chi connectivity index (χ3v) is 3.85. The van der Waals surface area contributed by atoms with Crippen LogP contribution in [0.1, 0.15) is 11.1 Å². The van der Waals surface area contributed by atoms with Gasteiger partial charge in [0, 0.05) is 10.2 Å². The van der Waals surface area contributed by atoms with Crippen molar-refractivity contribution in [2.75, 3.05) is 18.5 Å². The molecule has 6 heteroatoms. The highest BCUT2D eigenvalue weighted by Gasteiger charge is 2.09. The smallest absolute Gasteiger partial charge is 0.258 e. The van der Waals surface area contributed by atoms with Gasteiger partial charge in [-0.25, -0.2) is 0 Å². The monoisotopic (exact) mass is 390 g/mol. The molecule has 2 aromatic rings. The van der Waals surface area contributed by atoms with Crippen LogP contribution in [-0.4, -0.2) is 25.0 Å². The highest BCUT2D eigenvalue weighted by molar-refractivity contribution is 9.10. The lowest BCUT2D eigenvalue weighted by Crippen LogP contribution is -2.36. The van der Waals surface area contributed by atoms with Crippen molar-refractivity contribution in [3.05, 3.63) is 58.1 Å². The Balaban J connectivity index is 1.78. The van der Waals surface area contributed by atoms with E-state index in [1.807, 2.05) is 44.2 Å². The molecule has 0 unspecified atom stereocenters. The maximum absolute atomic E-state index is 12.0. The van der Waals surface area contributed by atoms with Gasteiger partial charge >= 0.3 is 0 Å². The predicted molar refractivity (Wildman–Crippen MR) is 97.2 cm³/mol. The SMILES string of the molecule is Cc1cccc(C)c1NC(=O)CNC(=O)COc1cccc(Br)c1. The number of anilines is 1. The van der Waals surface area contributed by atoms with Gasteiger partial charge in [0.25, 0.3) is 5.91 Å². The summed E-state index contributed by atoms with van der Waals surface area (Å²) in [6.45, 7) is 3.60. The Bertz CT molecular complexity index is 727.